The molecule has 1 aromatic carbocycles. The van der Waals surface area contributed by atoms with Crippen LogP contribution in [0.2, 0.25) is 0 Å². The normalized spacial score (nSPS) is 14.3. The van der Waals surface area contributed by atoms with E-state index in [-0.39, 0.29) is 5.91 Å². The summed E-state index contributed by atoms with van der Waals surface area (Å²) in [5, 5.41) is 13.4. The Bertz CT molecular complexity index is 1070. The Morgan fingerprint density at radius 2 is 2.00 bits per heavy atom. The van der Waals surface area contributed by atoms with Gasteiger partial charge < -0.3 is 20.1 Å². The predicted octanol–water partition coefficient (Wildman–Crippen LogP) is 3.22. The van der Waals surface area contributed by atoms with Gasteiger partial charge in [0.2, 0.25) is 0 Å². The van der Waals surface area contributed by atoms with Crippen molar-refractivity contribution in [2.45, 2.75) is 19.9 Å². The van der Waals surface area contributed by atoms with Crippen LogP contribution >= 0.6 is 0 Å². The SMILES string of the molecule is CC(C)Nc1cccnc1N1CCN(C(=O)c2cc3ccc(C#N)cc3[nH]2)CC1. The first kappa shape index (κ1) is 18.8. The number of amides is 1. The van der Waals surface area contributed by atoms with Crippen LogP contribution in [0.1, 0.15) is 29.9 Å². The highest BCUT2D eigenvalue weighted by molar-refractivity contribution is 5.98. The van der Waals surface area contributed by atoms with Gasteiger partial charge in [0.15, 0.2) is 5.82 Å². The summed E-state index contributed by atoms with van der Waals surface area (Å²) in [5.41, 5.74) is 2.96. The number of rotatable bonds is 4. The van der Waals surface area contributed by atoms with E-state index in [0.717, 1.165) is 35.5 Å². The molecule has 1 amide bonds. The molecule has 3 heterocycles. The molecule has 0 atom stereocenters. The van der Waals surface area contributed by atoms with Gasteiger partial charge in [0.1, 0.15) is 5.69 Å². The maximum Gasteiger partial charge on any atom is 0.270 e. The zero-order chi connectivity index (χ0) is 20.4. The molecule has 3 aromatic rings. The van der Waals surface area contributed by atoms with Gasteiger partial charge in [0.05, 0.1) is 17.3 Å². The van der Waals surface area contributed by atoms with E-state index in [2.05, 4.69) is 40.1 Å². The van der Waals surface area contributed by atoms with Crippen molar-refractivity contribution in [2.24, 2.45) is 0 Å². The van der Waals surface area contributed by atoms with Gasteiger partial charge in [-0.3, -0.25) is 4.79 Å². The summed E-state index contributed by atoms with van der Waals surface area (Å²) in [4.78, 5) is 24.8. The zero-order valence-corrected chi connectivity index (χ0v) is 16.6. The van der Waals surface area contributed by atoms with Gasteiger partial charge in [-0.25, -0.2) is 4.98 Å². The zero-order valence-electron chi connectivity index (χ0n) is 16.6. The van der Waals surface area contributed by atoms with Gasteiger partial charge in [0, 0.05) is 49.3 Å². The minimum Gasteiger partial charge on any atom is -0.380 e. The third-order valence-electron chi connectivity index (χ3n) is 5.08. The Morgan fingerprint density at radius 1 is 1.21 bits per heavy atom. The second-order valence-electron chi connectivity index (χ2n) is 7.55. The van der Waals surface area contributed by atoms with Crippen LogP contribution in [0.4, 0.5) is 11.5 Å². The number of carbonyl (C=O) groups excluding carboxylic acids is 1. The minimum absolute atomic E-state index is 0.0130. The topological polar surface area (TPSA) is 88.1 Å². The van der Waals surface area contributed by atoms with Crippen molar-refractivity contribution in [1.29, 1.82) is 5.26 Å². The fraction of sp³-hybridized carbons (Fsp3) is 0.318. The van der Waals surface area contributed by atoms with Gasteiger partial charge in [-0.1, -0.05) is 6.07 Å². The van der Waals surface area contributed by atoms with Gasteiger partial charge in [-0.15, -0.1) is 0 Å². The highest BCUT2D eigenvalue weighted by Gasteiger charge is 2.25. The molecule has 1 saturated heterocycles. The quantitative estimate of drug-likeness (QED) is 0.716. The predicted molar refractivity (Wildman–Crippen MR) is 114 cm³/mol. The molecular formula is C22H24N6O. The summed E-state index contributed by atoms with van der Waals surface area (Å²) in [6, 6.07) is 13.7. The van der Waals surface area contributed by atoms with Gasteiger partial charge >= 0.3 is 0 Å². The number of pyridine rings is 1. The Balaban J connectivity index is 1.46. The number of hydrogen-bond donors (Lipinski definition) is 2. The summed E-state index contributed by atoms with van der Waals surface area (Å²) < 4.78 is 0. The second-order valence-corrected chi connectivity index (χ2v) is 7.55. The minimum atomic E-state index is -0.0130. The highest BCUT2D eigenvalue weighted by atomic mass is 16.2. The highest BCUT2D eigenvalue weighted by Crippen LogP contribution is 2.25. The van der Waals surface area contributed by atoms with Crippen LogP contribution in [0.25, 0.3) is 10.9 Å². The molecule has 0 aliphatic carbocycles. The number of nitrogens with one attached hydrogen (secondary N) is 2. The molecule has 0 saturated carbocycles. The lowest BCUT2D eigenvalue weighted by Gasteiger charge is -2.36. The van der Waals surface area contributed by atoms with E-state index >= 15 is 0 Å². The van der Waals surface area contributed by atoms with Crippen LogP contribution in [0, 0.1) is 11.3 Å². The average Bonchev–Trinajstić information content (AvgIpc) is 3.16. The van der Waals surface area contributed by atoms with Crippen molar-refractivity contribution in [3.63, 3.8) is 0 Å². The Labute approximate surface area is 170 Å². The lowest BCUT2D eigenvalue weighted by atomic mass is 10.2. The van der Waals surface area contributed by atoms with E-state index in [1.807, 2.05) is 29.2 Å². The van der Waals surface area contributed by atoms with Crippen molar-refractivity contribution in [1.82, 2.24) is 14.9 Å². The molecular weight excluding hydrogens is 364 g/mol. The lowest BCUT2D eigenvalue weighted by Crippen LogP contribution is -2.49. The summed E-state index contributed by atoms with van der Waals surface area (Å²) >= 11 is 0. The van der Waals surface area contributed by atoms with Crippen molar-refractivity contribution >= 4 is 28.3 Å². The van der Waals surface area contributed by atoms with E-state index in [1.165, 1.54) is 0 Å². The molecule has 0 spiro atoms. The number of aromatic amines is 1. The van der Waals surface area contributed by atoms with Gasteiger partial charge in [-0.2, -0.15) is 5.26 Å². The van der Waals surface area contributed by atoms with Crippen LogP contribution in [-0.4, -0.2) is 53.0 Å². The number of piperazine rings is 1. The second kappa shape index (κ2) is 7.84. The largest absolute Gasteiger partial charge is 0.380 e. The van der Waals surface area contributed by atoms with Crippen molar-refractivity contribution in [3.05, 3.63) is 53.9 Å². The molecule has 1 aliphatic heterocycles. The van der Waals surface area contributed by atoms with Crippen molar-refractivity contribution < 1.29 is 4.79 Å². The molecule has 1 fully saturated rings. The number of H-pyrrole nitrogens is 1. The van der Waals surface area contributed by atoms with Crippen molar-refractivity contribution in [3.8, 4) is 6.07 Å². The molecule has 7 heteroatoms. The molecule has 1 aliphatic rings. The summed E-state index contributed by atoms with van der Waals surface area (Å²) in [6.07, 6.45) is 1.80. The summed E-state index contributed by atoms with van der Waals surface area (Å²) in [6.45, 7) is 6.94. The number of carbonyl (C=O) groups is 1. The van der Waals surface area contributed by atoms with Crippen LogP contribution in [0.15, 0.2) is 42.6 Å². The Kier molecular flexibility index (Phi) is 5.09. The number of nitrogens with zero attached hydrogens (tertiary/aromatic N) is 4. The third-order valence-corrected chi connectivity index (χ3v) is 5.08. The number of hydrogen-bond acceptors (Lipinski definition) is 5. The molecule has 148 valence electrons. The van der Waals surface area contributed by atoms with E-state index in [1.54, 1.807) is 18.3 Å². The van der Waals surface area contributed by atoms with Gasteiger partial charge in [0.25, 0.3) is 5.91 Å². The smallest absolute Gasteiger partial charge is 0.270 e. The number of aromatic nitrogens is 2. The number of nitriles is 1. The fourth-order valence-corrected chi connectivity index (χ4v) is 3.68. The number of anilines is 2. The first-order valence-electron chi connectivity index (χ1n) is 9.84. The molecule has 0 bridgehead atoms. The summed E-state index contributed by atoms with van der Waals surface area (Å²) in [5.74, 6) is 0.920. The molecule has 29 heavy (non-hydrogen) atoms. The first-order chi connectivity index (χ1) is 14.0. The van der Waals surface area contributed by atoms with E-state index in [4.69, 9.17) is 5.26 Å². The molecule has 2 N–H and O–H groups in total. The monoisotopic (exact) mass is 388 g/mol. The van der Waals surface area contributed by atoms with E-state index in [0.29, 0.717) is 30.4 Å². The molecule has 4 rings (SSSR count). The maximum absolute atomic E-state index is 13.0. The molecule has 7 nitrogen and oxygen atoms in total. The van der Waals surface area contributed by atoms with Crippen LogP contribution in [0.5, 0.6) is 0 Å². The van der Waals surface area contributed by atoms with Crippen LogP contribution < -0.4 is 10.2 Å². The molecule has 0 unspecified atom stereocenters. The van der Waals surface area contributed by atoms with Crippen molar-refractivity contribution in [2.75, 3.05) is 36.4 Å². The molecule has 0 radical (unpaired) electrons. The number of fused-ring (bicyclic) bond motifs is 1. The summed E-state index contributed by atoms with van der Waals surface area (Å²) in [7, 11) is 0. The third kappa shape index (κ3) is 3.87. The first-order valence-corrected chi connectivity index (χ1v) is 9.84. The molecule has 2 aromatic heterocycles. The van der Waals surface area contributed by atoms with E-state index < -0.39 is 0 Å². The van der Waals surface area contributed by atoms with Crippen LogP contribution in [-0.2, 0) is 0 Å². The standard InChI is InChI=1S/C22H24N6O/c1-15(2)25-18-4-3-7-24-21(18)27-8-10-28(11-9-27)22(29)20-13-17-6-5-16(14-23)12-19(17)26-20/h3-7,12-13,15,25-26H,8-11H2,1-2H3. The Hall–Kier alpha value is -3.53. The fourth-order valence-electron chi connectivity index (χ4n) is 3.68. The number of benzene rings is 1. The average molecular weight is 388 g/mol. The Morgan fingerprint density at radius 3 is 2.72 bits per heavy atom. The maximum atomic E-state index is 13.0. The lowest BCUT2D eigenvalue weighted by molar-refractivity contribution is 0.0741. The van der Waals surface area contributed by atoms with Gasteiger partial charge in [-0.05, 0) is 44.2 Å². The van der Waals surface area contributed by atoms with Crippen LogP contribution in [0.3, 0.4) is 0 Å². The van der Waals surface area contributed by atoms with E-state index in [9.17, 15) is 4.79 Å².